The number of hydrogen-bond donors (Lipinski definition) is 0. The highest BCUT2D eigenvalue weighted by molar-refractivity contribution is 7.89. The number of sulfonamides is 1. The number of ether oxygens (including phenoxy) is 1. The maximum atomic E-state index is 13.2. The molecule has 0 amide bonds. The lowest BCUT2D eigenvalue weighted by Gasteiger charge is -2.31. The van der Waals surface area contributed by atoms with Gasteiger partial charge in [0.05, 0.1) is 11.0 Å². The van der Waals surface area contributed by atoms with Crippen molar-refractivity contribution in [1.82, 2.24) is 4.31 Å². The summed E-state index contributed by atoms with van der Waals surface area (Å²) in [5.41, 5.74) is 0.335. The van der Waals surface area contributed by atoms with Crippen molar-refractivity contribution < 1.29 is 17.5 Å². The summed E-state index contributed by atoms with van der Waals surface area (Å²) < 4.78 is 44.8. The van der Waals surface area contributed by atoms with Crippen molar-refractivity contribution in [3.63, 3.8) is 0 Å². The molecule has 1 heterocycles. The topological polar surface area (TPSA) is 46.6 Å². The summed E-state index contributed by atoms with van der Waals surface area (Å²) in [6.45, 7) is 2.40. The van der Waals surface area contributed by atoms with Crippen molar-refractivity contribution in [3.05, 3.63) is 29.6 Å². The highest BCUT2D eigenvalue weighted by Crippen LogP contribution is 2.23. The normalized spacial score (nSPS) is 21.5. The molecule has 0 aromatic heterocycles. The highest BCUT2D eigenvalue weighted by atomic mass is 32.2. The Kier molecular flexibility index (Phi) is 4.23. The monoisotopic (exact) mass is 287 g/mol. The molecule has 0 aliphatic carbocycles. The molecule has 19 heavy (non-hydrogen) atoms. The zero-order valence-electron chi connectivity index (χ0n) is 11.1. The lowest BCUT2D eigenvalue weighted by molar-refractivity contribution is 0.0572. The Morgan fingerprint density at radius 1 is 1.42 bits per heavy atom. The predicted molar refractivity (Wildman–Crippen MR) is 69.9 cm³/mol. The lowest BCUT2D eigenvalue weighted by atomic mass is 10.1. The van der Waals surface area contributed by atoms with Crippen LogP contribution in [0.4, 0.5) is 4.39 Å². The summed E-state index contributed by atoms with van der Waals surface area (Å²) in [4.78, 5) is 0.142. The maximum Gasteiger partial charge on any atom is 0.243 e. The van der Waals surface area contributed by atoms with Crippen molar-refractivity contribution in [2.75, 3.05) is 20.2 Å². The van der Waals surface area contributed by atoms with E-state index >= 15 is 0 Å². The first kappa shape index (κ1) is 14.4. The number of hydrogen-bond acceptors (Lipinski definition) is 3. The second kappa shape index (κ2) is 5.56. The Morgan fingerprint density at radius 3 is 2.79 bits per heavy atom. The largest absolute Gasteiger partial charge is 0.380 e. The lowest BCUT2D eigenvalue weighted by Crippen LogP contribution is -2.42. The van der Waals surface area contributed by atoms with Gasteiger partial charge in [-0.2, -0.15) is 4.31 Å². The SMILES string of the molecule is CO[C@H]1CCCN(S(=O)(=O)c2ccc(F)c(C)c2)C1. The minimum atomic E-state index is -3.56. The number of piperidine rings is 1. The molecule has 0 spiro atoms. The first-order chi connectivity index (χ1) is 8.95. The molecule has 1 aromatic carbocycles. The molecule has 6 heteroatoms. The highest BCUT2D eigenvalue weighted by Gasteiger charge is 2.30. The van der Waals surface area contributed by atoms with Gasteiger partial charge in [0, 0.05) is 20.2 Å². The van der Waals surface area contributed by atoms with Crippen LogP contribution in [0.25, 0.3) is 0 Å². The Morgan fingerprint density at radius 2 is 2.16 bits per heavy atom. The predicted octanol–water partition coefficient (Wildman–Crippen LogP) is 1.93. The van der Waals surface area contributed by atoms with Gasteiger partial charge in [-0.1, -0.05) is 0 Å². The number of rotatable bonds is 3. The third-order valence-corrected chi connectivity index (χ3v) is 5.30. The van der Waals surface area contributed by atoms with E-state index in [0.717, 1.165) is 12.8 Å². The van der Waals surface area contributed by atoms with Crippen LogP contribution in [0.1, 0.15) is 18.4 Å². The van der Waals surface area contributed by atoms with Gasteiger partial charge in [0.15, 0.2) is 0 Å². The molecule has 0 unspecified atom stereocenters. The molecular weight excluding hydrogens is 269 g/mol. The van der Waals surface area contributed by atoms with Crippen LogP contribution < -0.4 is 0 Å². The maximum absolute atomic E-state index is 13.2. The van der Waals surface area contributed by atoms with E-state index in [9.17, 15) is 12.8 Å². The van der Waals surface area contributed by atoms with E-state index in [-0.39, 0.29) is 11.0 Å². The summed E-state index contributed by atoms with van der Waals surface area (Å²) in [5, 5.41) is 0. The van der Waals surface area contributed by atoms with E-state index in [1.54, 1.807) is 14.0 Å². The Balaban J connectivity index is 2.28. The smallest absolute Gasteiger partial charge is 0.243 e. The summed E-state index contributed by atoms with van der Waals surface area (Å²) >= 11 is 0. The van der Waals surface area contributed by atoms with Gasteiger partial charge in [0.2, 0.25) is 10.0 Å². The van der Waals surface area contributed by atoms with E-state index in [2.05, 4.69) is 0 Å². The first-order valence-electron chi connectivity index (χ1n) is 6.24. The Labute approximate surface area is 113 Å². The van der Waals surface area contributed by atoms with Gasteiger partial charge in [0.1, 0.15) is 5.82 Å². The molecule has 4 nitrogen and oxygen atoms in total. The van der Waals surface area contributed by atoms with Gasteiger partial charge >= 0.3 is 0 Å². The molecule has 1 fully saturated rings. The van der Waals surface area contributed by atoms with Crippen molar-refractivity contribution in [2.24, 2.45) is 0 Å². The van der Waals surface area contributed by atoms with E-state index in [1.165, 1.54) is 22.5 Å². The van der Waals surface area contributed by atoms with Gasteiger partial charge < -0.3 is 4.74 Å². The zero-order valence-corrected chi connectivity index (χ0v) is 11.9. The fraction of sp³-hybridized carbons (Fsp3) is 0.538. The average molecular weight is 287 g/mol. The average Bonchev–Trinajstić information content (AvgIpc) is 2.41. The summed E-state index contributed by atoms with van der Waals surface area (Å²) in [7, 11) is -1.97. The van der Waals surface area contributed by atoms with Crippen LogP contribution in [0.15, 0.2) is 23.1 Å². The molecule has 1 atom stereocenters. The molecule has 0 N–H and O–H groups in total. The Bertz CT molecular complexity index is 559. The van der Waals surface area contributed by atoms with E-state index < -0.39 is 15.8 Å². The fourth-order valence-corrected chi connectivity index (χ4v) is 3.84. The van der Waals surface area contributed by atoms with Gasteiger partial charge in [-0.3, -0.25) is 0 Å². The first-order valence-corrected chi connectivity index (χ1v) is 7.68. The second-order valence-corrected chi connectivity index (χ2v) is 6.71. The van der Waals surface area contributed by atoms with Crippen LogP contribution in [0.2, 0.25) is 0 Å². The van der Waals surface area contributed by atoms with E-state index in [1.807, 2.05) is 0 Å². The number of methoxy groups -OCH3 is 1. The summed E-state index contributed by atoms with van der Waals surface area (Å²) in [6, 6.07) is 3.88. The van der Waals surface area contributed by atoms with Crippen molar-refractivity contribution in [1.29, 1.82) is 0 Å². The van der Waals surface area contributed by atoms with Crippen molar-refractivity contribution in [3.8, 4) is 0 Å². The van der Waals surface area contributed by atoms with Crippen LogP contribution in [0, 0.1) is 12.7 Å². The van der Waals surface area contributed by atoms with Crippen LogP contribution in [-0.4, -0.2) is 39.0 Å². The molecule has 0 radical (unpaired) electrons. The van der Waals surface area contributed by atoms with E-state index in [0.29, 0.717) is 18.7 Å². The van der Waals surface area contributed by atoms with Crippen LogP contribution >= 0.6 is 0 Å². The molecule has 1 aromatic rings. The van der Waals surface area contributed by atoms with Crippen LogP contribution in [-0.2, 0) is 14.8 Å². The second-order valence-electron chi connectivity index (χ2n) is 4.77. The van der Waals surface area contributed by atoms with E-state index in [4.69, 9.17) is 4.74 Å². The minimum Gasteiger partial charge on any atom is -0.380 e. The number of benzene rings is 1. The number of nitrogens with zero attached hydrogens (tertiary/aromatic N) is 1. The van der Waals surface area contributed by atoms with Gasteiger partial charge in [-0.25, -0.2) is 12.8 Å². The molecule has 1 aliphatic rings. The van der Waals surface area contributed by atoms with Crippen molar-refractivity contribution >= 4 is 10.0 Å². The number of halogens is 1. The standard InChI is InChI=1S/C13H18FNO3S/c1-10-8-12(5-6-13(10)14)19(16,17)15-7-3-4-11(9-15)18-2/h5-6,8,11H,3-4,7,9H2,1-2H3/t11-/m0/s1. The van der Waals surface area contributed by atoms with Crippen LogP contribution in [0.5, 0.6) is 0 Å². The summed E-state index contributed by atoms with van der Waals surface area (Å²) in [5.74, 6) is -0.396. The van der Waals surface area contributed by atoms with Gasteiger partial charge in [0.25, 0.3) is 0 Å². The number of aryl methyl sites for hydroxylation is 1. The molecule has 106 valence electrons. The fourth-order valence-electron chi connectivity index (χ4n) is 2.24. The minimum absolute atomic E-state index is 0.0647. The zero-order chi connectivity index (χ0) is 14.0. The third kappa shape index (κ3) is 2.96. The molecular formula is C13H18FNO3S. The molecule has 0 saturated carbocycles. The van der Waals surface area contributed by atoms with Gasteiger partial charge in [-0.05, 0) is 43.5 Å². The molecule has 1 saturated heterocycles. The third-order valence-electron chi connectivity index (χ3n) is 3.44. The van der Waals surface area contributed by atoms with Crippen LogP contribution in [0.3, 0.4) is 0 Å². The Hall–Kier alpha value is -0.980. The van der Waals surface area contributed by atoms with Crippen molar-refractivity contribution in [2.45, 2.75) is 30.8 Å². The molecule has 2 rings (SSSR count). The summed E-state index contributed by atoms with van der Waals surface area (Å²) in [6.07, 6.45) is 1.58. The molecule has 0 bridgehead atoms. The molecule has 1 aliphatic heterocycles. The quantitative estimate of drug-likeness (QED) is 0.853. The van der Waals surface area contributed by atoms with Gasteiger partial charge in [-0.15, -0.1) is 0 Å².